The SMILES string of the molecule is COc1cc(Cl)cc(C=O)c1OCCCCCCO. The fraction of sp³-hybridized carbons (Fsp3) is 0.500. The van der Waals surface area contributed by atoms with Crippen LogP contribution in [0.1, 0.15) is 36.0 Å². The highest BCUT2D eigenvalue weighted by Gasteiger charge is 2.12. The van der Waals surface area contributed by atoms with Crippen molar-refractivity contribution < 1.29 is 19.4 Å². The number of rotatable bonds is 9. The third-order valence-electron chi connectivity index (χ3n) is 2.69. The predicted molar refractivity (Wildman–Crippen MR) is 74.4 cm³/mol. The molecule has 1 aromatic rings. The second-order valence-corrected chi connectivity index (χ2v) is 4.57. The summed E-state index contributed by atoms with van der Waals surface area (Å²) in [7, 11) is 1.51. The zero-order valence-electron chi connectivity index (χ0n) is 11.0. The van der Waals surface area contributed by atoms with Gasteiger partial charge in [-0.05, 0) is 25.3 Å². The van der Waals surface area contributed by atoms with Crippen molar-refractivity contribution in [1.29, 1.82) is 0 Å². The zero-order chi connectivity index (χ0) is 14.1. The Labute approximate surface area is 118 Å². The van der Waals surface area contributed by atoms with E-state index in [4.69, 9.17) is 26.2 Å². The lowest BCUT2D eigenvalue weighted by atomic mass is 10.2. The van der Waals surface area contributed by atoms with Crippen molar-refractivity contribution in [3.8, 4) is 11.5 Å². The normalized spacial score (nSPS) is 10.3. The van der Waals surface area contributed by atoms with Crippen LogP contribution in [0, 0.1) is 0 Å². The van der Waals surface area contributed by atoms with Crippen molar-refractivity contribution in [3.05, 3.63) is 22.7 Å². The van der Waals surface area contributed by atoms with Gasteiger partial charge in [0.15, 0.2) is 17.8 Å². The average molecular weight is 287 g/mol. The fourth-order valence-electron chi connectivity index (χ4n) is 1.72. The van der Waals surface area contributed by atoms with Gasteiger partial charge < -0.3 is 14.6 Å². The minimum Gasteiger partial charge on any atom is -0.493 e. The van der Waals surface area contributed by atoms with E-state index in [1.165, 1.54) is 7.11 Å². The quantitative estimate of drug-likeness (QED) is 0.560. The second kappa shape index (κ2) is 8.77. The van der Waals surface area contributed by atoms with Gasteiger partial charge >= 0.3 is 0 Å². The van der Waals surface area contributed by atoms with Gasteiger partial charge in [0.2, 0.25) is 0 Å². The van der Waals surface area contributed by atoms with Crippen molar-refractivity contribution >= 4 is 17.9 Å². The van der Waals surface area contributed by atoms with Gasteiger partial charge in [0, 0.05) is 17.7 Å². The molecule has 19 heavy (non-hydrogen) atoms. The Hall–Kier alpha value is -1.26. The molecular weight excluding hydrogens is 268 g/mol. The Bertz CT molecular complexity index is 407. The summed E-state index contributed by atoms with van der Waals surface area (Å²) in [5.41, 5.74) is 0.389. The monoisotopic (exact) mass is 286 g/mol. The molecule has 0 unspecified atom stereocenters. The minimum absolute atomic E-state index is 0.223. The molecule has 0 aliphatic rings. The molecule has 0 saturated carbocycles. The maximum absolute atomic E-state index is 11.0. The van der Waals surface area contributed by atoms with Crippen molar-refractivity contribution in [1.82, 2.24) is 0 Å². The van der Waals surface area contributed by atoms with Crippen LogP contribution in [0.5, 0.6) is 11.5 Å². The Morgan fingerprint density at radius 1 is 1.26 bits per heavy atom. The van der Waals surface area contributed by atoms with E-state index in [-0.39, 0.29) is 6.61 Å². The lowest BCUT2D eigenvalue weighted by Crippen LogP contribution is -2.02. The molecule has 0 spiro atoms. The maximum atomic E-state index is 11.0. The number of methoxy groups -OCH3 is 1. The molecule has 0 heterocycles. The molecule has 0 aromatic heterocycles. The molecule has 0 amide bonds. The van der Waals surface area contributed by atoms with Gasteiger partial charge in [-0.2, -0.15) is 0 Å². The molecule has 106 valence electrons. The zero-order valence-corrected chi connectivity index (χ0v) is 11.8. The topological polar surface area (TPSA) is 55.8 Å². The number of aliphatic hydroxyl groups is 1. The smallest absolute Gasteiger partial charge is 0.171 e. The summed E-state index contributed by atoms with van der Waals surface area (Å²) in [5.74, 6) is 0.897. The van der Waals surface area contributed by atoms with E-state index in [0.29, 0.717) is 35.0 Å². The first kappa shape index (κ1) is 15.8. The summed E-state index contributed by atoms with van der Waals surface area (Å²) in [5, 5.41) is 9.10. The Balaban J connectivity index is 2.58. The predicted octanol–water partition coefficient (Wildman–Crippen LogP) is 3.09. The van der Waals surface area contributed by atoms with Crippen LogP contribution in [0.25, 0.3) is 0 Å². The van der Waals surface area contributed by atoms with Crippen molar-refractivity contribution in [2.75, 3.05) is 20.3 Å². The molecule has 0 fully saturated rings. The number of hydrogen-bond acceptors (Lipinski definition) is 4. The molecule has 1 N–H and O–H groups in total. The Kier molecular flexibility index (Phi) is 7.30. The lowest BCUT2D eigenvalue weighted by molar-refractivity contribution is 0.111. The molecule has 0 aliphatic heterocycles. The van der Waals surface area contributed by atoms with Crippen LogP contribution in [0.3, 0.4) is 0 Å². The first-order valence-corrected chi connectivity index (χ1v) is 6.67. The molecular formula is C14H19ClO4. The van der Waals surface area contributed by atoms with E-state index in [2.05, 4.69) is 0 Å². The number of ether oxygens (including phenoxy) is 2. The van der Waals surface area contributed by atoms with E-state index >= 15 is 0 Å². The summed E-state index contributed by atoms with van der Waals surface area (Å²) in [4.78, 5) is 11.0. The lowest BCUT2D eigenvalue weighted by Gasteiger charge is -2.13. The van der Waals surface area contributed by atoms with Crippen molar-refractivity contribution in [2.45, 2.75) is 25.7 Å². The highest BCUT2D eigenvalue weighted by Crippen LogP contribution is 2.33. The molecule has 5 heteroatoms. The summed E-state index contributed by atoms with van der Waals surface area (Å²) < 4.78 is 10.8. The number of carbonyl (C=O) groups is 1. The van der Waals surface area contributed by atoms with E-state index < -0.39 is 0 Å². The van der Waals surface area contributed by atoms with E-state index in [0.717, 1.165) is 25.7 Å². The van der Waals surface area contributed by atoms with Crippen molar-refractivity contribution in [3.63, 3.8) is 0 Å². The van der Waals surface area contributed by atoms with Crippen LogP contribution < -0.4 is 9.47 Å². The molecule has 0 saturated heterocycles. The number of hydrogen-bond donors (Lipinski definition) is 1. The first-order valence-electron chi connectivity index (χ1n) is 6.29. The standard InChI is InChI=1S/C14H19ClO4/c1-18-13-9-12(15)8-11(10-17)14(13)19-7-5-3-2-4-6-16/h8-10,16H,2-7H2,1H3. The van der Waals surface area contributed by atoms with Gasteiger partial charge in [0.1, 0.15) is 0 Å². The van der Waals surface area contributed by atoms with Gasteiger partial charge in [-0.1, -0.05) is 18.0 Å². The summed E-state index contributed by atoms with van der Waals surface area (Å²) in [6.45, 7) is 0.728. The first-order chi connectivity index (χ1) is 9.22. The van der Waals surface area contributed by atoms with Crippen LogP contribution in [0.4, 0.5) is 0 Å². The number of aliphatic hydroxyl groups excluding tert-OH is 1. The minimum atomic E-state index is 0.223. The molecule has 0 radical (unpaired) electrons. The van der Waals surface area contributed by atoms with E-state index in [1.807, 2.05) is 0 Å². The van der Waals surface area contributed by atoms with Crippen LogP contribution in [0.15, 0.2) is 12.1 Å². The molecule has 0 atom stereocenters. The molecule has 4 nitrogen and oxygen atoms in total. The Morgan fingerprint density at radius 3 is 2.63 bits per heavy atom. The van der Waals surface area contributed by atoms with Gasteiger partial charge in [-0.25, -0.2) is 0 Å². The van der Waals surface area contributed by atoms with Gasteiger partial charge in [-0.3, -0.25) is 4.79 Å². The van der Waals surface area contributed by atoms with E-state index in [9.17, 15) is 4.79 Å². The largest absolute Gasteiger partial charge is 0.493 e. The number of halogens is 1. The second-order valence-electron chi connectivity index (χ2n) is 4.13. The number of carbonyl (C=O) groups excluding carboxylic acids is 1. The Morgan fingerprint density at radius 2 is 2.00 bits per heavy atom. The van der Waals surface area contributed by atoms with Gasteiger partial charge in [0.05, 0.1) is 19.3 Å². The van der Waals surface area contributed by atoms with Crippen LogP contribution in [0.2, 0.25) is 5.02 Å². The third-order valence-corrected chi connectivity index (χ3v) is 2.91. The number of benzene rings is 1. The summed E-state index contributed by atoms with van der Waals surface area (Å²) in [6, 6.07) is 3.17. The summed E-state index contributed by atoms with van der Waals surface area (Å²) >= 11 is 5.88. The van der Waals surface area contributed by atoms with Gasteiger partial charge in [0.25, 0.3) is 0 Å². The van der Waals surface area contributed by atoms with Gasteiger partial charge in [-0.15, -0.1) is 0 Å². The summed E-state index contributed by atoms with van der Waals surface area (Å²) in [6.07, 6.45) is 4.33. The van der Waals surface area contributed by atoms with Crippen molar-refractivity contribution in [2.24, 2.45) is 0 Å². The van der Waals surface area contributed by atoms with E-state index in [1.54, 1.807) is 12.1 Å². The average Bonchev–Trinajstić information content (AvgIpc) is 2.43. The molecule has 0 aliphatic carbocycles. The highest BCUT2D eigenvalue weighted by atomic mass is 35.5. The highest BCUT2D eigenvalue weighted by molar-refractivity contribution is 6.31. The maximum Gasteiger partial charge on any atom is 0.171 e. The number of aldehydes is 1. The van der Waals surface area contributed by atoms with Crippen LogP contribution in [-0.2, 0) is 0 Å². The molecule has 0 bridgehead atoms. The molecule has 1 rings (SSSR count). The van der Waals surface area contributed by atoms with Crippen LogP contribution >= 0.6 is 11.6 Å². The number of unbranched alkanes of at least 4 members (excludes halogenated alkanes) is 3. The third kappa shape index (κ3) is 5.09. The van der Waals surface area contributed by atoms with Crippen LogP contribution in [-0.4, -0.2) is 31.7 Å². The fourth-order valence-corrected chi connectivity index (χ4v) is 1.94. The molecule has 1 aromatic carbocycles.